The van der Waals surface area contributed by atoms with Crippen molar-refractivity contribution in [3.05, 3.63) is 54.1 Å². The van der Waals surface area contributed by atoms with Crippen LogP contribution in [0.5, 0.6) is 17.2 Å². The molecule has 0 unspecified atom stereocenters. The van der Waals surface area contributed by atoms with Crippen molar-refractivity contribution in [1.29, 1.82) is 0 Å². The summed E-state index contributed by atoms with van der Waals surface area (Å²) in [6.07, 6.45) is 0. The molecule has 23 heavy (non-hydrogen) atoms. The zero-order valence-corrected chi connectivity index (χ0v) is 12.8. The number of hydrogen-bond acceptors (Lipinski definition) is 6. The Hall–Kier alpha value is -3.02. The van der Waals surface area contributed by atoms with Gasteiger partial charge in [0, 0.05) is 0 Å². The lowest BCUT2D eigenvalue weighted by Gasteiger charge is -2.08. The van der Waals surface area contributed by atoms with Crippen molar-refractivity contribution >= 4 is 11.9 Å². The van der Waals surface area contributed by atoms with Crippen molar-refractivity contribution in [1.82, 2.24) is 0 Å². The van der Waals surface area contributed by atoms with Crippen molar-refractivity contribution in [2.75, 3.05) is 20.8 Å². The highest BCUT2D eigenvalue weighted by molar-refractivity contribution is 5.90. The number of hydrogen-bond donors (Lipinski definition) is 0. The summed E-state index contributed by atoms with van der Waals surface area (Å²) in [6, 6.07) is 13.0. The van der Waals surface area contributed by atoms with Crippen LogP contribution in [0.4, 0.5) is 0 Å². The number of ether oxygens (including phenoxy) is 4. The highest BCUT2D eigenvalue weighted by atomic mass is 16.6. The van der Waals surface area contributed by atoms with Gasteiger partial charge in [-0.2, -0.15) is 0 Å². The zero-order chi connectivity index (χ0) is 16.7. The molecule has 2 aromatic rings. The first kappa shape index (κ1) is 16.4. The SMILES string of the molecule is COC(=O)c1cccc(OC(=O)COc2ccc(OC)cc2)c1. The Morgan fingerprint density at radius 1 is 0.913 bits per heavy atom. The van der Waals surface area contributed by atoms with Crippen LogP contribution >= 0.6 is 0 Å². The molecule has 0 spiro atoms. The fourth-order valence-electron chi connectivity index (χ4n) is 1.78. The van der Waals surface area contributed by atoms with Crippen LogP contribution in [0.15, 0.2) is 48.5 Å². The number of benzene rings is 2. The number of esters is 2. The van der Waals surface area contributed by atoms with Crippen LogP contribution in [0, 0.1) is 0 Å². The summed E-state index contributed by atoms with van der Waals surface area (Å²) >= 11 is 0. The Labute approximate surface area is 133 Å². The molecule has 6 heteroatoms. The molecular formula is C17H16O6. The molecule has 2 rings (SSSR count). The molecule has 0 amide bonds. The zero-order valence-electron chi connectivity index (χ0n) is 12.8. The minimum atomic E-state index is -0.581. The van der Waals surface area contributed by atoms with E-state index < -0.39 is 11.9 Å². The standard InChI is InChI=1S/C17H16O6/c1-20-13-6-8-14(9-7-13)22-11-16(18)23-15-5-3-4-12(10-15)17(19)21-2/h3-10H,11H2,1-2H3. The van der Waals surface area contributed by atoms with Crippen LogP contribution in [0.3, 0.4) is 0 Å². The molecule has 0 atom stereocenters. The molecule has 6 nitrogen and oxygen atoms in total. The number of carbonyl (C=O) groups is 2. The van der Waals surface area contributed by atoms with E-state index in [0.717, 1.165) is 0 Å². The quantitative estimate of drug-likeness (QED) is 0.602. The Morgan fingerprint density at radius 2 is 1.61 bits per heavy atom. The molecule has 0 aliphatic rings. The van der Waals surface area contributed by atoms with E-state index in [2.05, 4.69) is 4.74 Å². The normalized spacial score (nSPS) is 9.83. The summed E-state index contributed by atoms with van der Waals surface area (Å²) < 4.78 is 20.1. The molecule has 0 aliphatic carbocycles. The lowest BCUT2D eigenvalue weighted by molar-refractivity contribution is -0.136. The molecule has 120 valence electrons. The molecule has 2 aromatic carbocycles. The number of methoxy groups -OCH3 is 2. The molecule has 0 N–H and O–H groups in total. The minimum Gasteiger partial charge on any atom is -0.497 e. The Morgan fingerprint density at radius 3 is 2.26 bits per heavy atom. The Bertz CT molecular complexity index is 678. The van der Waals surface area contributed by atoms with E-state index in [1.165, 1.54) is 13.2 Å². The smallest absolute Gasteiger partial charge is 0.349 e. The largest absolute Gasteiger partial charge is 0.497 e. The van der Waals surface area contributed by atoms with E-state index in [-0.39, 0.29) is 12.4 Å². The van der Waals surface area contributed by atoms with Gasteiger partial charge in [0.05, 0.1) is 19.8 Å². The Kier molecular flexibility index (Phi) is 5.57. The van der Waals surface area contributed by atoms with Crippen molar-refractivity contribution in [2.24, 2.45) is 0 Å². The average Bonchev–Trinajstić information content (AvgIpc) is 2.60. The van der Waals surface area contributed by atoms with Gasteiger partial charge in [-0.15, -0.1) is 0 Å². The highest BCUT2D eigenvalue weighted by Gasteiger charge is 2.10. The molecule has 0 saturated carbocycles. The van der Waals surface area contributed by atoms with Gasteiger partial charge >= 0.3 is 11.9 Å². The third kappa shape index (κ3) is 4.74. The van der Waals surface area contributed by atoms with E-state index in [0.29, 0.717) is 17.1 Å². The first-order valence-electron chi connectivity index (χ1n) is 6.78. The second kappa shape index (κ2) is 7.84. The average molecular weight is 316 g/mol. The van der Waals surface area contributed by atoms with E-state index in [1.807, 2.05) is 0 Å². The van der Waals surface area contributed by atoms with Crippen molar-refractivity contribution in [3.63, 3.8) is 0 Å². The topological polar surface area (TPSA) is 71.1 Å². The third-order valence-corrected chi connectivity index (χ3v) is 2.90. The van der Waals surface area contributed by atoms with Gasteiger partial charge in [0.15, 0.2) is 6.61 Å². The molecule has 0 fully saturated rings. The molecule has 0 saturated heterocycles. The maximum absolute atomic E-state index is 11.8. The summed E-state index contributed by atoms with van der Waals surface area (Å²) in [5.41, 5.74) is 0.300. The summed E-state index contributed by atoms with van der Waals surface area (Å²) in [7, 11) is 2.85. The maximum atomic E-state index is 11.8. The fraction of sp³-hybridized carbons (Fsp3) is 0.176. The predicted octanol–water partition coefficient (Wildman–Crippen LogP) is 2.47. The summed E-state index contributed by atoms with van der Waals surface area (Å²) in [5, 5.41) is 0. The molecule has 0 aromatic heterocycles. The van der Waals surface area contributed by atoms with Crippen LogP contribution < -0.4 is 14.2 Å². The number of carbonyl (C=O) groups excluding carboxylic acids is 2. The van der Waals surface area contributed by atoms with Gasteiger partial charge < -0.3 is 18.9 Å². The first-order valence-corrected chi connectivity index (χ1v) is 6.78. The van der Waals surface area contributed by atoms with Gasteiger partial charge in [0.1, 0.15) is 17.2 Å². The lowest BCUT2D eigenvalue weighted by atomic mass is 10.2. The first-order chi connectivity index (χ1) is 11.1. The van der Waals surface area contributed by atoms with Gasteiger partial charge in [-0.1, -0.05) is 6.07 Å². The van der Waals surface area contributed by atoms with Crippen LogP contribution in [0.25, 0.3) is 0 Å². The van der Waals surface area contributed by atoms with Gasteiger partial charge in [0.2, 0.25) is 0 Å². The second-order valence-electron chi connectivity index (χ2n) is 4.46. The molecule has 0 bridgehead atoms. The monoisotopic (exact) mass is 316 g/mol. The second-order valence-corrected chi connectivity index (χ2v) is 4.46. The van der Waals surface area contributed by atoms with E-state index in [1.54, 1.807) is 49.6 Å². The predicted molar refractivity (Wildman–Crippen MR) is 81.9 cm³/mol. The Balaban J connectivity index is 1.90. The van der Waals surface area contributed by atoms with Crippen molar-refractivity contribution < 1.29 is 28.5 Å². The van der Waals surface area contributed by atoms with Gasteiger partial charge in [0.25, 0.3) is 0 Å². The molecule has 0 radical (unpaired) electrons. The molecule has 0 heterocycles. The van der Waals surface area contributed by atoms with Crippen LogP contribution in [-0.2, 0) is 9.53 Å². The summed E-state index contributed by atoms with van der Waals surface area (Å²) in [4.78, 5) is 23.2. The summed E-state index contributed by atoms with van der Waals surface area (Å²) in [5.74, 6) is 0.377. The van der Waals surface area contributed by atoms with E-state index in [9.17, 15) is 9.59 Å². The lowest BCUT2D eigenvalue weighted by Crippen LogP contribution is -2.17. The van der Waals surface area contributed by atoms with Gasteiger partial charge in [-0.25, -0.2) is 9.59 Å². The van der Waals surface area contributed by atoms with E-state index in [4.69, 9.17) is 14.2 Å². The van der Waals surface area contributed by atoms with Gasteiger partial charge in [-0.05, 0) is 42.5 Å². The number of rotatable bonds is 6. The molecule has 0 aliphatic heterocycles. The van der Waals surface area contributed by atoms with Crippen molar-refractivity contribution in [3.8, 4) is 17.2 Å². The van der Waals surface area contributed by atoms with Crippen LogP contribution in [0.1, 0.15) is 10.4 Å². The maximum Gasteiger partial charge on any atom is 0.349 e. The van der Waals surface area contributed by atoms with E-state index >= 15 is 0 Å². The van der Waals surface area contributed by atoms with Crippen LogP contribution in [0.2, 0.25) is 0 Å². The highest BCUT2D eigenvalue weighted by Crippen LogP contribution is 2.17. The van der Waals surface area contributed by atoms with Gasteiger partial charge in [-0.3, -0.25) is 0 Å². The third-order valence-electron chi connectivity index (χ3n) is 2.90. The fourth-order valence-corrected chi connectivity index (χ4v) is 1.78. The van der Waals surface area contributed by atoms with Crippen molar-refractivity contribution in [2.45, 2.75) is 0 Å². The van der Waals surface area contributed by atoms with Crippen LogP contribution in [-0.4, -0.2) is 32.8 Å². The molecular weight excluding hydrogens is 300 g/mol. The minimum absolute atomic E-state index is 0.247. The summed E-state index contributed by atoms with van der Waals surface area (Å²) in [6.45, 7) is -0.255.